The predicted octanol–water partition coefficient (Wildman–Crippen LogP) is 3.37. The van der Waals surface area contributed by atoms with Crippen LogP contribution in [0.3, 0.4) is 0 Å². The quantitative estimate of drug-likeness (QED) is 0.855. The summed E-state index contributed by atoms with van der Waals surface area (Å²) < 4.78 is 5.51. The molecule has 122 valence electrons. The van der Waals surface area contributed by atoms with E-state index in [1.54, 1.807) is 0 Å². The first-order chi connectivity index (χ1) is 10.5. The van der Waals surface area contributed by atoms with Crippen molar-refractivity contribution in [1.29, 1.82) is 0 Å². The first-order valence-corrected chi connectivity index (χ1v) is 8.20. The number of ether oxygens (including phenoxy) is 1. The normalized spacial score (nSPS) is 19.7. The smallest absolute Gasteiger partial charge is 0.410 e. The fourth-order valence-corrected chi connectivity index (χ4v) is 2.90. The highest BCUT2D eigenvalue weighted by Gasteiger charge is 2.34. The molecule has 1 aromatic rings. The van der Waals surface area contributed by atoms with E-state index < -0.39 is 0 Å². The summed E-state index contributed by atoms with van der Waals surface area (Å²) in [4.78, 5) is 16.8. The van der Waals surface area contributed by atoms with E-state index in [4.69, 9.17) is 4.74 Å². The number of amides is 1. The molecule has 0 N–H and O–H groups in total. The molecule has 2 rings (SSSR count). The zero-order valence-corrected chi connectivity index (χ0v) is 14.2. The number of rotatable bonds is 4. The summed E-state index contributed by atoms with van der Waals surface area (Å²) in [5.41, 5.74) is 1.03. The number of benzene rings is 1. The first kappa shape index (κ1) is 16.8. The van der Waals surface area contributed by atoms with Crippen LogP contribution in [-0.2, 0) is 11.3 Å². The topological polar surface area (TPSA) is 32.8 Å². The van der Waals surface area contributed by atoms with Gasteiger partial charge in [-0.2, -0.15) is 0 Å². The summed E-state index contributed by atoms with van der Waals surface area (Å²) in [7, 11) is 0. The molecule has 0 radical (unpaired) electrons. The minimum atomic E-state index is -0.189. The van der Waals surface area contributed by atoms with E-state index in [-0.39, 0.29) is 12.1 Å². The fourth-order valence-electron chi connectivity index (χ4n) is 2.90. The molecule has 22 heavy (non-hydrogen) atoms. The molecule has 4 nitrogen and oxygen atoms in total. The van der Waals surface area contributed by atoms with Crippen LogP contribution in [0.25, 0.3) is 0 Å². The Morgan fingerprint density at radius 1 is 1.18 bits per heavy atom. The highest BCUT2D eigenvalue weighted by Crippen LogP contribution is 2.20. The highest BCUT2D eigenvalue weighted by molar-refractivity contribution is 5.68. The molecule has 1 amide bonds. The lowest BCUT2D eigenvalue weighted by Crippen LogP contribution is -2.58. The second kappa shape index (κ2) is 7.63. The van der Waals surface area contributed by atoms with Crippen molar-refractivity contribution < 1.29 is 9.53 Å². The molecule has 1 aliphatic rings. The van der Waals surface area contributed by atoms with Gasteiger partial charge in [0.2, 0.25) is 0 Å². The Bertz CT molecular complexity index is 473. The molecule has 1 aliphatic heterocycles. The molecule has 1 fully saturated rings. The number of hydrogen-bond donors (Lipinski definition) is 0. The van der Waals surface area contributed by atoms with Gasteiger partial charge in [-0.3, -0.25) is 4.90 Å². The van der Waals surface area contributed by atoms with Gasteiger partial charge in [0.1, 0.15) is 6.61 Å². The molecular formula is C18H28N2O2. The molecule has 1 heterocycles. The van der Waals surface area contributed by atoms with Crippen LogP contribution in [0, 0.1) is 5.92 Å². The molecule has 1 unspecified atom stereocenters. The minimum absolute atomic E-state index is 0.189. The van der Waals surface area contributed by atoms with E-state index in [1.165, 1.54) is 0 Å². The van der Waals surface area contributed by atoms with Gasteiger partial charge in [-0.15, -0.1) is 0 Å². The summed E-state index contributed by atoms with van der Waals surface area (Å²) in [6.07, 6.45) is -0.189. The van der Waals surface area contributed by atoms with Crippen molar-refractivity contribution in [2.45, 2.75) is 46.4 Å². The molecule has 0 bridgehead atoms. The summed E-state index contributed by atoms with van der Waals surface area (Å²) in [5.74, 6) is 0.422. The van der Waals surface area contributed by atoms with Crippen LogP contribution in [0.2, 0.25) is 0 Å². The van der Waals surface area contributed by atoms with Gasteiger partial charge in [-0.05, 0) is 25.3 Å². The number of carbonyl (C=O) groups excluding carboxylic acids is 1. The summed E-state index contributed by atoms with van der Waals surface area (Å²) in [6, 6.07) is 10.6. The van der Waals surface area contributed by atoms with Crippen LogP contribution in [-0.4, -0.2) is 47.6 Å². The summed E-state index contributed by atoms with van der Waals surface area (Å²) in [6.45, 7) is 11.7. The van der Waals surface area contributed by atoms with Gasteiger partial charge in [0.05, 0.1) is 6.04 Å². The monoisotopic (exact) mass is 304 g/mol. The van der Waals surface area contributed by atoms with Crippen LogP contribution >= 0.6 is 0 Å². The Hall–Kier alpha value is -1.55. The largest absolute Gasteiger partial charge is 0.445 e. The van der Waals surface area contributed by atoms with Crippen molar-refractivity contribution in [3.05, 3.63) is 35.9 Å². The second-order valence-corrected chi connectivity index (χ2v) is 6.63. The first-order valence-electron chi connectivity index (χ1n) is 8.20. The Kier molecular flexibility index (Phi) is 5.83. The van der Waals surface area contributed by atoms with Crippen molar-refractivity contribution in [3.8, 4) is 0 Å². The number of nitrogens with zero attached hydrogens (tertiary/aromatic N) is 2. The third-order valence-corrected chi connectivity index (χ3v) is 4.39. The van der Waals surface area contributed by atoms with Crippen LogP contribution in [0.5, 0.6) is 0 Å². The van der Waals surface area contributed by atoms with E-state index in [9.17, 15) is 4.79 Å². The zero-order valence-electron chi connectivity index (χ0n) is 14.2. The van der Waals surface area contributed by atoms with Gasteiger partial charge in [0.15, 0.2) is 0 Å². The lowest BCUT2D eigenvalue weighted by molar-refractivity contribution is 0.0198. The Labute approximate surface area is 134 Å². The summed E-state index contributed by atoms with van der Waals surface area (Å²) >= 11 is 0. The third-order valence-electron chi connectivity index (χ3n) is 4.39. The number of hydrogen-bond acceptors (Lipinski definition) is 3. The molecule has 0 aliphatic carbocycles. The molecule has 4 heteroatoms. The average molecular weight is 304 g/mol. The fraction of sp³-hybridized carbons (Fsp3) is 0.611. The van der Waals surface area contributed by atoms with Crippen molar-refractivity contribution in [2.75, 3.05) is 19.6 Å². The lowest BCUT2D eigenvalue weighted by atomic mass is 9.99. The third kappa shape index (κ3) is 4.23. The van der Waals surface area contributed by atoms with Gasteiger partial charge >= 0.3 is 6.09 Å². The maximum Gasteiger partial charge on any atom is 0.410 e. The summed E-state index contributed by atoms with van der Waals surface area (Å²) in [5, 5.41) is 0. The van der Waals surface area contributed by atoms with E-state index in [0.717, 1.165) is 25.2 Å². The van der Waals surface area contributed by atoms with Gasteiger partial charge in [0, 0.05) is 25.7 Å². The lowest BCUT2D eigenvalue weighted by Gasteiger charge is -2.44. The van der Waals surface area contributed by atoms with Crippen molar-refractivity contribution >= 4 is 6.09 Å². The van der Waals surface area contributed by atoms with Gasteiger partial charge in [-0.1, -0.05) is 44.2 Å². The number of carbonyl (C=O) groups is 1. The van der Waals surface area contributed by atoms with E-state index in [1.807, 2.05) is 35.2 Å². The van der Waals surface area contributed by atoms with Crippen molar-refractivity contribution in [3.63, 3.8) is 0 Å². The minimum Gasteiger partial charge on any atom is -0.445 e. The Morgan fingerprint density at radius 3 is 2.45 bits per heavy atom. The van der Waals surface area contributed by atoms with Crippen molar-refractivity contribution in [1.82, 2.24) is 9.80 Å². The molecule has 0 spiro atoms. The molecule has 1 aromatic carbocycles. The van der Waals surface area contributed by atoms with Gasteiger partial charge in [-0.25, -0.2) is 4.79 Å². The maximum atomic E-state index is 12.4. The van der Waals surface area contributed by atoms with Crippen LogP contribution < -0.4 is 0 Å². The maximum absolute atomic E-state index is 12.4. The molecular weight excluding hydrogens is 276 g/mol. The van der Waals surface area contributed by atoms with Crippen LogP contribution in [0.4, 0.5) is 4.79 Å². The SMILES string of the molecule is CC(C)C1CN(C(C)C)CCN1C(=O)OCc1ccccc1. The van der Waals surface area contributed by atoms with Crippen LogP contribution in [0.15, 0.2) is 30.3 Å². The van der Waals surface area contributed by atoms with E-state index in [0.29, 0.717) is 18.6 Å². The standard InChI is InChI=1S/C18H28N2O2/c1-14(2)17-12-19(15(3)4)10-11-20(17)18(21)22-13-16-8-6-5-7-9-16/h5-9,14-15,17H,10-13H2,1-4H3. The highest BCUT2D eigenvalue weighted by atomic mass is 16.6. The Balaban J connectivity index is 1.95. The Morgan fingerprint density at radius 2 is 1.86 bits per heavy atom. The zero-order chi connectivity index (χ0) is 16.1. The van der Waals surface area contributed by atoms with Gasteiger partial charge < -0.3 is 9.64 Å². The molecule has 0 aromatic heterocycles. The molecule has 1 saturated heterocycles. The number of piperazine rings is 1. The van der Waals surface area contributed by atoms with E-state index >= 15 is 0 Å². The van der Waals surface area contributed by atoms with Gasteiger partial charge in [0.25, 0.3) is 0 Å². The van der Waals surface area contributed by atoms with E-state index in [2.05, 4.69) is 32.6 Å². The molecule has 1 atom stereocenters. The molecule has 0 saturated carbocycles. The van der Waals surface area contributed by atoms with Crippen LogP contribution in [0.1, 0.15) is 33.3 Å². The second-order valence-electron chi connectivity index (χ2n) is 6.63. The predicted molar refractivity (Wildman–Crippen MR) is 88.7 cm³/mol. The van der Waals surface area contributed by atoms with Crippen molar-refractivity contribution in [2.24, 2.45) is 5.92 Å². The average Bonchev–Trinajstić information content (AvgIpc) is 2.52.